The van der Waals surface area contributed by atoms with Crippen LogP contribution in [0.3, 0.4) is 0 Å². The molecule has 0 radical (unpaired) electrons. The van der Waals surface area contributed by atoms with Crippen LogP contribution in [0.15, 0.2) is 24.3 Å². The van der Waals surface area contributed by atoms with Gasteiger partial charge in [-0.05, 0) is 37.5 Å². The molecule has 4 nitrogen and oxygen atoms in total. The number of methoxy groups -OCH3 is 1. The summed E-state index contributed by atoms with van der Waals surface area (Å²) >= 11 is 0. The van der Waals surface area contributed by atoms with Crippen LogP contribution < -0.4 is 10.5 Å². The Morgan fingerprint density at radius 1 is 1.48 bits per heavy atom. The van der Waals surface area contributed by atoms with Crippen LogP contribution in [-0.2, 0) is 4.74 Å². The minimum Gasteiger partial charge on any atom is -0.497 e. The van der Waals surface area contributed by atoms with E-state index in [1.807, 2.05) is 12.1 Å². The van der Waals surface area contributed by atoms with Gasteiger partial charge in [0.15, 0.2) is 0 Å². The fourth-order valence-corrected chi connectivity index (χ4v) is 3.06. The Morgan fingerprint density at radius 2 is 2.29 bits per heavy atom. The topological polar surface area (TPSA) is 47.7 Å². The molecule has 118 valence electrons. The number of nitrogens with two attached hydrogens (primary N) is 1. The molecule has 3 atom stereocenters. The van der Waals surface area contributed by atoms with Crippen molar-refractivity contribution < 1.29 is 9.47 Å². The lowest BCUT2D eigenvalue weighted by Gasteiger charge is -2.35. The van der Waals surface area contributed by atoms with Gasteiger partial charge in [0.25, 0.3) is 0 Å². The highest BCUT2D eigenvalue weighted by molar-refractivity contribution is 5.31. The Labute approximate surface area is 128 Å². The minimum absolute atomic E-state index is 0.113. The van der Waals surface area contributed by atoms with E-state index >= 15 is 0 Å². The van der Waals surface area contributed by atoms with Gasteiger partial charge in [-0.2, -0.15) is 0 Å². The van der Waals surface area contributed by atoms with E-state index in [4.69, 9.17) is 15.2 Å². The fraction of sp³-hybridized carbons (Fsp3) is 0.647. The minimum atomic E-state index is 0.113. The highest BCUT2D eigenvalue weighted by Gasteiger charge is 2.28. The van der Waals surface area contributed by atoms with Crippen LogP contribution >= 0.6 is 0 Å². The first kappa shape index (κ1) is 16.3. The quantitative estimate of drug-likeness (QED) is 0.906. The monoisotopic (exact) mass is 292 g/mol. The van der Waals surface area contributed by atoms with Crippen LogP contribution in [0, 0.1) is 0 Å². The Hall–Kier alpha value is -1.10. The third kappa shape index (κ3) is 4.19. The average Bonchev–Trinajstić information content (AvgIpc) is 2.72. The maximum absolute atomic E-state index is 6.44. The van der Waals surface area contributed by atoms with Crippen LogP contribution in [0.4, 0.5) is 0 Å². The maximum Gasteiger partial charge on any atom is 0.119 e. The molecule has 21 heavy (non-hydrogen) atoms. The molecule has 1 fully saturated rings. The summed E-state index contributed by atoms with van der Waals surface area (Å²) in [6.45, 7) is 7.08. The Kier molecular flexibility index (Phi) is 6.03. The molecule has 0 bridgehead atoms. The standard InChI is InChI=1S/C17H28N2O2/c1-4-16(18)17(14-7-5-8-15(11-14)20-3)19-9-6-10-21-13(2)12-19/h5,7-8,11,13,16-17H,4,6,9-10,12,18H2,1-3H3. The average molecular weight is 292 g/mol. The summed E-state index contributed by atoms with van der Waals surface area (Å²) in [5.41, 5.74) is 7.68. The molecule has 1 aliphatic rings. The fourth-order valence-electron chi connectivity index (χ4n) is 3.06. The summed E-state index contributed by atoms with van der Waals surface area (Å²) in [4.78, 5) is 2.47. The van der Waals surface area contributed by atoms with E-state index in [0.717, 1.165) is 38.3 Å². The van der Waals surface area contributed by atoms with Crippen molar-refractivity contribution in [3.63, 3.8) is 0 Å². The molecule has 3 unspecified atom stereocenters. The second-order valence-corrected chi connectivity index (χ2v) is 5.82. The van der Waals surface area contributed by atoms with Gasteiger partial charge in [-0.1, -0.05) is 19.1 Å². The lowest BCUT2D eigenvalue weighted by Crippen LogP contribution is -2.43. The van der Waals surface area contributed by atoms with Crippen molar-refractivity contribution in [2.75, 3.05) is 26.8 Å². The molecule has 4 heteroatoms. The van der Waals surface area contributed by atoms with Crippen LogP contribution in [0.1, 0.15) is 38.3 Å². The van der Waals surface area contributed by atoms with E-state index in [-0.39, 0.29) is 18.2 Å². The number of rotatable bonds is 5. The van der Waals surface area contributed by atoms with E-state index in [0.29, 0.717) is 0 Å². The molecule has 1 saturated heterocycles. The zero-order valence-corrected chi connectivity index (χ0v) is 13.4. The van der Waals surface area contributed by atoms with Gasteiger partial charge in [0, 0.05) is 25.7 Å². The zero-order chi connectivity index (χ0) is 15.2. The number of hydrogen-bond donors (Lipinski definition) is 1. The second kappa shape index (κ2) is 7.78. The molecular weight excluding hydrogens is 264 g/mol. The highest BCUT2D eigenvalue weighted by atomic mass is 16.5. The number of ether oxygens (including phenoxy) is 2. The molecule has 0 spiro atoms. The normalized spacial score (nSPS) is 23.3. The van der Waals surface area contributed by atoms with Gasteiger partial charge in [0.05, 0.1) is 19.3 Å². The molecule has 0 aliphatic carbocycles. The molecule has 1 aromatic carbocycles. The third-order valence-electron chi connectivity index (χ3n) is 4.19. The van der Waals surface area contributed by atoms with Crippen LogP contribution in [0.2, 0.25) is 0 Å². The van der Waals surface area contributed by atoms with Gasteiger partial charge < -0.3 is 15.2 Å². The van der Waals surface area contributed by atoms with Crippen LogP contribution in [0.25, 0.3) is 0 Å². The molecule has 0 aromatic heterocycles. The van der Waals surface area contributed by atoms with Crippen molar-refractivity contribution in [2.24, 2.45) is 5.73 Å². The Balaban J connectivity index is 2.28. The van der Waals surface area contributed by atoms with Gasteiger partial charge in [-0.25, -0.2) is 0 Å². The number of benzene rings is 1. The van der Waals surface area contributed by atoms with Gasteiger partial charge in [-0.3, -0.25) is 4.90 Å². The molecule has 1 aliphatic heterocycles. The second-order valence-electron chi connectivity index (χ2n) is 5.82. The van der Waals surface area contributed by atoms with Crippen LogP contribution in [0.5, 0.6) is 5.75 Å². The van der Waals surface area contributed by atoms with Gasteiger partial charge in [0.1, 0.15) is 5.75 Å². The lowest BCUT2D eigenvalue weighted by atomic mass is 9.95. The molecule has 1 heterocycles. The number of hydrogen-bond acceptors (Lipinski definition) is 4. The van der Waals surface area contributed by atoms with E-state index in [2.05, 4.69) is 30.9 Å². The van der Waals surface area contributed by atoms with Gasteiger partial charge in [-0.15, -0.1) is 0 Å². The third-order valence-corrected chi connectivity index (χ3v) is 4.19. The van der Waals surface area contributed by atoms with E-state index < -0.39 is 0 Å². The first-order valence-corrected chi connectivity index (χ1v) is 7.91. The van der Waals surface area contributed by atoms with Crippen molar-refractivity contribution in [1.29, 1.82) is 0 Å². The predicted molar refractivity (Wildman–Crippen MR) is 85.6 cm³/mol. The Morgan fingerprint density at radius 3 is 3.00 bits per heavy atom. The van der Waals surface area contributed by atoms with Gasteiger partial charge >= 0.3 is 0 Å². The van der Waals surface area contributed by atoms with E-state index in [1.165, 1.54) is 5.56 Å². The maximum atomic E-state index is 6.44. The lowest BCUT2D eigenvalue weighted by molar-refractivity contribution is 0.0574. The van der Waals surface area contributed by atoms with Gasteiger partial charge in [0.2, 0.25) is 0 Å². The SMILES string of the molecule is CCC(N)C(c1cccc(OC)c1)N1CCCOC(C)C1. The molecular formula is C17H28N2O2. The molecule has 0 amide bonds. The summed E-state index contributed by atoms with van der Waals surface area (Å²) in [7, 11) is 1.70. The molecule has 2 rings (SSSR count). The van der Waals surface area contributed by atoms with Crippen molar-refractivity contribution in [2.45, 2.75) is 44.9 Å². The largest absolute Gasteiger partial charge is 0.497 e. The summed E-state index contributed by atoms with van der Waals surface area (Å²) in [6, 6.07) is 8.61. The highest BCUT2D eigenvalue weighted by Crippen LogP contribution is 2.29. The summed E-state index contributed by atoms with van der Waals surface area (Å²) in [5, 5.41) is 0. The molecule has 2 N–H and O–H groups in total. The zero-order valence-electron chi connectivity index (χ0n) is 13.4. The molecule has 0 saturated carbocycles. The number of nitrogens with zero attached hydrogens (tertiary/aromatic N) is 1. The summed E-state index contributed by atoms with van der Waals surface area (Å²) < 4.78 is 11.1. The smallest absolute Gasteiger partial charge is 0.119 e. The summed E-state index contributed by atoms with van der Waals surface area (Å²) in [6.07, 6.45) is 2.26. The van der Waals surface area contributed by atoms with Crippen molar-refractivity contribution in [3.8, 4) is 5.75 Å². The Bertz CT molecular complexity index is 439. The van der Waals surface area contributed by atoms with Crippen molar-refractivity contribution in [3.05, 3.63) is 29.8 Å². The van der Waals surface area contributed by atoms with Crippen molar-refractivity contribution in [1.82, 2.24) is 4.90 Å². The van der Waals surface area contributed by atoms with Crippen LogP contribution in [-0.4, -0.2) is 43.9 Å². The van der Waals surface area contributed by atoms with E-state index in [1.54, 1.807) is 7.11 Å². The van der Waals surface area contributed by atoms with Crippen molar-refractivity contribution >= 4 is 0 Å². The summed E-state index contributed by atoms with van der Waals surface area (Å²) in [5.74, 6) is 0.889. The predicted octanol–water partition coefficient (Wildman–Crippen LogP) is 2.58. The molecule has 1 aromatic rings. The first-order valence-electron chi connectivity index (χ1n) is 7.91. The first-order chi connectivity index (χ1) is 10.2. The van der Waals surface area contributed by atoms with E-state index in [9.17, 15) is 0 Å².